The molecule has 0 aliphatic carbocycles. The average Bonchev–Trinajstić information content (AvgIpc) is 2.74. The third kappa shape index (κ3) is 3.64. The first-order chi connectivity index (χ1) is 8.47. The van der Waals surface area contributed by atoms with Crippen molar-refractivity contribution < 1.29 is 8.42 Å². The van der Waals surface area contributed by atoms with Crippen LogP contribution in [0.1, 0.15) is 12.8 Å². The SMILES string of the molecule is CN1CCCC(CNS(=O)(=O)c2cnc(Cl)s2)C1. The molecule has 8 heteroatoms. The van der Waals surface area contributed by atoms with E-state index in [1.807, 2.05) is 0 Å². The fraction of sp³-hybridized carbons (Fsp3) is 0.700. The van der Waals surface area contributed by atoms with Crippen LogP contribution in [0.4, 0.5) is 0 Å². The van der Waals surface area contributed by atoms with Gasteiger partial charge < -0.3 is 4.90 Å². The van der Waals surface area contributed by atoms with Crippen LogP contribution in [-0.2, 0) is 10.0 Å². The van der Waals surface area contributed by atoms with Crippen molar-refractivity contribution in [3.63, 3.8) is 0 Å². The fourth-order valence-corrected chi connectivity index (χ4v) is 4.56. The first-order valence-electron chi connectivity index (χ1n) is 5.77. The predicted octanol–water partition coefficient (Wildman–Crippen LogP) is 1.42. The van der Waals surface area contributed by atoms with Gasteiger partial charge in [-0.2, -0.15) is 0 Å². The molecular weight excluding hydrogens is 294 g/mol. The first-order valence-corrected chi connectivity index (χ1v) is 8.44. The van der Waals surface area contributed by atoms with E-state index >= 15 is 0 Å². The Morgan fingerprint density at radius 3 is 3.06 bits per heavy atom. The molecule has 1 aromatic heterocycles. The van der Waals surface area contributed by atoms with E-state index in [0.29, 0.717) is 12.5 Å². The highest BCUT2D eigenvalue weighted by Gasteiger charge is 2.22. The maximum atomic E-state index is 12.0. The number of piperidine rings is 1. The van der Waals surface area contributed by atoms with Crippen molar-refractivity contribution in [2.45, 2.75) is 17.1 Å². The molecule has 5 nitrogen and oxygen atoms in total. The van der Waals surface area contributed by atoms with Gasteiger partial charge in [-0.05, 0) is 32.4 Å². The van der Waals surface area contributed by atoms with Crippen molar-refractivity contribution in [1.82, 2.24) is 14.6 Å². The average molecular weight is 310 g/mol. The molecule has 0 bridgehead atoms. The van der Waals surface area contributed by atoms with E-state index in [2.05, 4.69) is 21.7 Å². The second-order valence-corrected chi connectivity index (χ2v) is 8.16. The lowest BCUT2D eigenvalue weighted by Gasteiger charge is -2.29. The lowest BCUT2D eigenvalue weighted by atomic mass is 9.99. The van der Waals surface area contributed by atoms with Gasteiger partial charge >= 0.3 is 0 Å². The summed E-state index contributed by atoms with van der Waals surface area (Å²) in [7, 11) is -1.39. The van der Waals surface area contributed by atoms with Gasteiger partial charge in [0.25, 0.3) is 10.0 Å². The Labute approximate surface area is 116 Å². The van der Waals surface area contributed by atoms with Crippen molar-refractivity contribution >= 4 is 33.0 Å². The molecule has 2 heterocycles. The van der Waals surface area contributed by atoms with Crippen LogP contribution in [0.5, 0.6) is 0 Å². The van der Waals surface area contributed by atoms with E-state index < -0.39 is 10.0 Å². The normalized spacial score (nSPS) is 22.2. The van der Waals surface area contributed by atoms with E-state index in [1.165, 1.54) is 6.20 Å². The molecule has 0 spiro atoms. The van der Waals surface area contributed by atoms with Gasteiger partial charge in [0.2, 0.25) is 0 Å². The highest BCUT2D eigenvalue weighted by molar-refractivity contribution is 7.91. The minimum absolute atomic E-state index is 0.177. The van der Waals surface area contributed by atoms with Crippen LogP contribution in [0.25, 0.3) is 0 Å². The van der Waals surface area contributed by atoms with E-state index in [-0.39, 0.29) is 8.68 Å². The summed E-state index contributed by atoms with van der Waals surface area (Å²) in [5, 5.41) is 0. The number of likely N-dealkylation sites (tertiary alicyclic amines) is 1. The summed E-state index contributed by atoms with van der Waals surface area (Å²) in [5.74, 6) is 0.377. The monoisotopic (exact) mass is 309 g/mol. The van der Waals surface area contributed by atoms with Crippen LogP contribution in [0.3, 0.4) is 0 Å². The summed E-state index contributed by atoms with van der Waals surface area (Å²) in [5.41, 5.74) is 0. The third-order valence-electron chi connectivity index (χ3n) is 3.01. The van der Waals surface area contributed by atoms with Crippen molar-refractivity contribution in [2.75, 3.05) is 26.7 Å². The lowest BCUT2D eigenvalue weighted by molar-refractivity contribution is 0.211. The Kier molecular flexibility index (Phi) is 4.60. The van der Waals surface area contributed by atoms with Crippen molar-refractivity contribution in [3.8, 4) is 0 Å². The maximum Gasteiger partial charge on any atom is 0.251 e. The Morgan fingerprint density at radius 1 is 1.67 bits per heavy atom. The second-order valence-electron chi connectivity index (χ2n) is 4.55. The number of halogens is 1. The highest BCUT2D eigenvalue weighted by Crippen LogP contribution is 2.22. The summed E-state index contributed by atoms with van der Waals surface area (Å²) in [6, 6.07) is 0. The lowest BCUT2D eigenvalue weighted by Crippen LogP contribution is -2.38. The van der Waals surface area contributed by atoms with E-state index in [0.717, 1.165) is 37.3 Å². The Balaban J connectivity index is 1.93. The summed E-state index contributed by atoms with van der Waals surface area (Å²) in [6.07, 6.45) is 3.48. The first kappa shape index (κ1) is 14.2. The molecule has 0 saturated carbocycles. The predicted molar refractivity (Wildman–Crippen MR) is 72.5 cm³/mol. The van der Waals surface area contributed by atoms with Crippen molar-refractivity contribution in [3.05, 3.63) is 10.7 Å². The molecular formula is C10H16ClN3O2S2. The second kappa shape index (κ2) is 5.83. The number of aromatic nitrogens is 1. The van der Waals surface area contributed by atoms with Gasteiger partial charge in [-0.15, -0.1) is 0 Å². The molecule has 1 aliphatic heterocycles. The molecule has 0 radical (unpaired) electrons. The minimum Gasteiger partial charge on any atom is -0.306 e. The van der Waals surface area contributed by atoms with Crippen LogP contribution < -0.4 is 4.72 Å². The number of nitrogens with one attached hydrogen (secondary N) is 1. The van der Waals surface area contributed by atoms with E-state index in [9.17, 15) is 8.42 Å². The largest absolute Gasteiger partial charge is 0.306 e. The zero-order valence-corrected chi connectivity index (χ0v) is 12.5. The molecule has 2 rings (SSSR count). The minimum atomic E-state index is -3.45. The molecule has 1 fully saturated rings. The fourth-order valence-electron chi connectivity index (χ4n) is 2.10. The molecule has 1 N–H and O–H groups in total. The molecule has 1 aromatic rings. The van der Waals surface area contributed by atoms with Gasteiger partial charge in [-0.1, -0.05) is 22.9 Å². The van der Waals surface area contributed by atoms with Gasteiger partial charge in [0.15, 0.2) is 8.68 Å². The number of thiazole rings is 1. The van der Waals surface area contributed by atoms with E-state index in [1.54, 1.807) is 0 Å². The van der Waals surface area contributed by atoms with Crippen molar-refractivity contribution in [1.29, 1.82) is 0 Å². The number of rotatable bonds is 4. The van der Waals surface area contributed by atoms with Crippen LogP contribution >= 0.6 is 22.9 Å². The Morgan fingerprint density at radius 2 is 2.44 bits per heavy atom. The summed E-state index contributed by atoms with van der Waals surface area (Å²) in [6.45, 7) is 2.50. The Hall–Kier alpha value is -0.210. The number of hydrogen-bond donors (Lipinski definition) is 1. The van der Waals surface area contributed by atoms with E-state index in [4.69, 9.17) is 11.6 Å². The van der Waals surface area contributed by atoms with Gasteiger partial charge in [0.05, 0.1) is 6.20 Å². The summed E-state index contributed by atoms with van der Waals surface area (Å²) < 4.78 is 27.0. The topological polar surface area (TPSA) is 62.3 Å². The molecule has 0 aromatic carbocycles. The van der Waals surface area contributed by atoms with Crippen LogP contribution in [0.15, 0.2) is 10.4 Å². The van der Waals surface area contributed by atoms with Crippen LogP contribution in [-0.4, -0.2) is 45.0 Å². The van der Waals surface area contributed by atoms with Crippen molar-refractivity contribution in [2.24, 2.45) is 5.92 Å². The standard InChI is InChI=1S/C10H16ClN3O2S2/c1-14-4-2-3-8(7-14)5-13-18(15,16)9-6-12-10(11)17-9/h6,8,13H,2-5,7H2,1H3. The zero-order chi connectivity index (χ0) is 13.2. The van der Waals surface area contributed by atoms with Gasteiger partial charge in [-0.3, -0.25) is 0 Å². The number of hydrogen-bond acceptors (Lipinski definition) is 5. The quantitative estimate of drug-likeness (QED) is 0.913. The molecule has 1 unspecified atom stereocenters. The van der Waals surface area contributed by atoms with Gasteiger partial charge in [0, 0.05) is 13.1 Å². The summed E-state index contributed by atoms with van der Waals surface area (Å²) in [4.78, 5) is 5.97. The Bertz CT molecular complexity index is 503. The highest BCUT2D eigenvalue weighted by atomic mass is 35.5. The van der Waals surface area contributed by atoms with Gasteiger partial charge in [0.1, 0.15) is 0 Å². The van der Waals surface area contributed by atoms with Crippen LogP contribution in [0.2, 0.25) is 4.47 Å². The summed E-state index contributed by atoms with van der Waals surface area (Å²) >= 11 is 6.62. The molecule has 0 amide bonds. The third-order valence-corrected chi connectivity index (χ3v) is 6.00. The number of sulfonamides is 1. The molecule has 18 heavy (non-hydrogen) atoms. The molecule has 1 atom stereocenters. The molecule has 1 saturated heterocycles. The van der Waals surface area contributed by atoms with Crippen LogP contribution in [0, 0.1) is 5.92 Å². The molecule has 1 aliphatic rings. The van der Waals surface area contributed by atoms with Gasteiger partial charge in [-0.25, -0.2) is 18.1 Å². The number of nitrogens with zero attached hydrogens (tertiary/aromatic N) is 2. The smallest absolute Gasteiger partial charge is 0.251 e. The zero-order valence-electron chi connectivity index (χ0n) is 10.1. The molecule has 102 valence electrons. The maximum absolute atomic E-state index is 12.0.